The Bertz CT molecular complexity index is 115. The van der Waals surface area contributed by atoms with E-state index in [9.17, 15) is 0 Å². The van der Waals surface area contributed by atoms with Crippen molar-refractivity contribution in [3.05, 3.63) is 23.7 Å². The van der Waals surface area contributed by atoms with E-state index in [1.165, 1.54) is 5.47 Å². The van der Waals surface area contributed by atoms with E-state index in [-0.39, 0.29) is 0 Å². The fourth-order valence-corrected chi connectivity index (χ4v) is 0.707. The molecule has 0 aromatic heterocycles. The third-order valence-electron chi connectivity index (χ3n) is 0.940. The second kappa shape index (κ2) is 2.22. The van der Waals surface area contributed by atoms with E-state index >= 15 is 0 Å². The number of hydrogen-bond acceptors (Lipinski definition) is 0. The third kappa shape index (κ3) is 1.10. The van der Waals surface area contributed by atoms with E-state index in [0.717, 1.165) is 6.42 Å². The molecule has 35 valence electrons. The van der Waals surface area contributed by atoms with E-state index in [2.05, 4.69) is 6.08 Å². The Morgan fingerprint density at radius 3 is 2.86 bits per heavy atom. The number of allylic oxidation sites excluding steroid dienone is 4. The molecule has 2 heteroatoms. The summed E-state index contributed by atoms with van der Waals surface area (Å²) < 4.78 is 0. The zero-order valence-electron chi connectivity index (χ0n) is 3.89. The summed E-state index contributed by atoms with van der Waals surface area (Å²) in [5.41, 5.74) is 1.20. The number of halogens is 1. The molecule has 0 nitrogen and oxygen atoms in total. The van der Waals surface area contributed by atoms with Gasteiger partial charge in [0.15, 0.2) is 0 Å². The van der Waals surface area contributed by atoms with E-state index in [1.54, 1.807) is 6.69 Å². The van der Waals surface area contributed by atoms with Crippen LogP contribution >= 0.6 is 11.5 Å². The maximum atomic E-state index is 5.37. The summed E-state index contributed by atoms with van der Waals surface area (Å²) in [6, 6.07) is 0. The van der Waals surface area contributed by atoms with E-state index in [0.29, 0.717) is 0 Å². The molecule has 1 rings (SSSR count). The Balaban J connectivity index is 2.45. The highest BCUT2D eigenvalue weighted by molar-refractivity contribution is 6.97. The van der Waals surface area contributed by atoms with Crippen LogP contribution in [0.3, 0.4) is 0 Å². The summed E-state index contributed by atoms with van der Waals surface area (Å²) in [4.78, 5) is 0. The van der Waals surface area contributed by atoms with Gasteiger partial charge in [-0.1, -0.05) is 23.7 Å². The highest BCUT2D eigenvalue weighted by atomic mass is 35.5. The minimum atomic E-state index is 1.00. The van der Waals surface area contributed by atoms with Crippen molar-refractivity contribution in [2.75, 3.05) is 0 Å². The van der Waals surface area contributed by atoms with Gasteiger partial charge in [0, 0.05) is 0 Å². The Hall–Kier alpha value is -0.165. The monoisotopic (exact) mass is 111 g/mol. The lowest BCUT2D eigenvalue weighted by atomic mass is 9.94. The van der Waals surface area contributed by atoms with Gasteiger partial charge >= 0.3 is 0 Å². The van der Waals surface area contributed by atoms with Gasteiger partial charge in [0.2, 0.25) is 0 Å². The zero-order chi connectivity index (χ0) is 5.11. The molecule has 0 fully saturated rings. The molecule has 0 unspecified atom stereocenters. The lowest BCUT2D eigenvalue weighted by Gasteiger charge is -1.84. The Morgan fingerprint density at radius 1 is 1.71 bits per heavy atom. The molecule has 1 aliphatic rings. The van der Waals surface area contributed by atoms with Gasteiger partial charge < -0.3 is 0 Å². The maximum Gasteiger partial charge on any atom is 0.271 e. The van der Waals surface area contributed by atoms with Crippen LogP contribution in [0.5, 0.6) is 0 Å². The first-order valence-electron chi connectivity index (χ1n) is 2.22. The van der Waals surface area contributed by atoms with E-state index in [1.807, 2.05) is 12.2 Å². The molecule has 1 radical (unpaired) electrons. The molecule has 0 heterocycles. The lowest BCUT2D eigenvalue weighted by Crippen LogP contribution is -1.80. The van der Waals surface area contributed by atoms with E-state index in [4.69, 9.17) is 11.5 Å². The number of rotatable bonds is 1. The van der Waals surface area contributed by atoms with Crippen LogP contribution in [0.1, 0.15) is 6.42 Å². The molecule has 0 atom stereocenters. The molecule has 0 amide bonds. The van der Waals surface area contributed by atoms with Gasteiger partial charge in [0.25, 0.3) is 6.69 Å². The van der Waals surface area contributed by atoms with Crippen LogP contribution in [0.15, 0.2) is 23.7 Å². The molecule has 0 saturated heterocycles. The van der Waals surface area contributed by atoms with Gasteiger partial charge in [-0.2, -0.15) is 11.5 Å². The van der Waals surface area contributed by atoms with Crippen molar-refractivity contribution in [2.24, 2.45) is 0 Å². The highest BCUT2D eigenvalue weighted by Gasteiger charge is 1.95. The summed E-state index contributed by atoms with van der Waals surface area (Å²) in [5.74, 6) is 0. The van der Waals surface area contributed by atoms with Crippen LogP contribution in [0.25, 0.3) is 0 Å². The summed E-state index contributed by atoms with van der Waals surface area (Å²) >= 11 is 5.37. The van der Waals surface area contributed by atoms with E-state index < -0.39 is 0 Å². The smallest absolute Gasteiger partial charge is 0.197 e. The van der Waals surface area contributed by atoms with Crippen LogP contribution in [-0.4, -0.2) is 6.69 Å². The van der Waals surface area contributed by atoms with Gasteiger partial charge in [-0.15, -0.1) is 0 Å². The van der Waals surface area contributed by atoms with Gasteiger partial charge in [-0.3, -0.25) is 0 Å². The lowest BCUT2D eigenvalue weighted by molar-refractivity contribution is 1.40. The van der Waals surface area contributed by atoms with Crippen molar-refractivity contribution >= 4 is 18.2 Å². The average molecular weight is 111 g/mol. The molecular weight excluding hydrogens is 106 g/mol. The second-order valence-corrected chi connectivity index (χ2v) is 1.70. The molecule has 0 aromatic rings. The van der Waals surface area contributed by atoms with Crippen LogP contribution in [0.2, 0.25) is 0 Å². The summed E-state index contributed by atoms with van der Waals surface area (Å²) in [7, 11) is 0. The van der Waals surface area contributed by atoms with Gasteiger partial charge in [-0.05, 0) is 6.42 Å². The van der Waals surface area contributed by atoms with Crippen molar-refractivity contribution in [2.45, 2.75) is 6.42 Å². The standard InChI is InChI=1S/C5H5BCl/c7-6-5-3-1-2-4-5/h1-3H,4H2. The molecule has 0 spiro atoms. The minimum Gasteiger partial charge on any atom is -0.197 e. The topological polar surface area (TPSA) is 0 Å². The Labute approximate surface area is 49.0 Å². The van der Waals surface area contributed by atoms with Crippen LogP contribution in [0.4, 0.5) is 0 Å². The van der Waals surface area contributed by atoms with Crippen LogP contribution in [-0.2, 0) is 0 Å². The minimum absolute atomic E-state index is 1.00. The van der Waals surface area contributed by atoms with Gasteiger partial charge in [-0.25, -0.2) is 0 Å². The molecule has 0 aromatic carbocycles. The van der Waals surface area contributed by atoms with Crippen LogP contribution in [0, 0.1) is 0 Å². The Morgan fingerprint density at radius 2 is 2.57 bits per heavy atom. The van der Waals surface area contributed by atoms with Gasteiger partial charge in [0.1, 0.15) is 0 Å². The molecule has 0 N–H and O–H groups in total. The summed E-state index contributed by atoms with van der Waals surface area (Å²) in [5, 5.41) is 0. The molecule has 0 bridgehead atoms. The molecule has 7 heavy (non-hydrogen) atoms. The third-order valence-corrected chi connectivity index (χ3v) is 1.22. The predicted octanol–water partition coefficient (Wildman–Crippen LogP) is 1.69. The molecule has 1 aliphatic carbocycles. The largest absolute Gasteiger partial charge is 0.271 e. The number of hydrogen-bond donors (Lipinski definition) is 0. The van der Waals surface area contributed by atoms with Crippen molar-refractivity contribution in [1.82, 2.24) is 0 Å². The SMILES string of the molecule is Cl[B]C1=CC=CC1. The fourth-order valence-electron chi connectivity index (χ4n) is 0.545. The summed E-state index contributed by atoms with van der Waals surface area (Å²) in [6.45, 7) is 1.61. The van der Waals surface area contributed by atoms with Crippen molar-refractivity contribution in [1.29, 1.82) is 0 Å². The first-order valence-corrected chi connectivity index (χ1v) is 2.66. The second-order valence-electron chi connectivity index (χ2n) is 1.48. The average Bonchev–Trinajstić information content (AvgIpc) is 2.14. The fraction of sp³-hybridized carbons (Fsp3) is 0.200. The normalized spacial score (nSPS) is 17.0. The van der Waals surface area contributed by atoms with Crippen molar-refractivity contribution < 1.29 is 0 Å². The molecular formula is C5H5BCl. The van der Waals surface area contributed by atoms with Crippen molar-refractivity contribution in [3.63, 3.8) is 0 Å². The predicted molar refractivity (Wildman–Crippen MR) is 33.4 cm³/mol. The van der Waals surface area contributed by atoms with Gasteiger partial charge in [0.05, 0.1) is 0 Å². The zero-order valence-corrected chi connectivity index (χ0v) is 4.65. The molecule has 0 aliphatic heterocycles. The first kappa shape index (κ1) is 4.98. The van der Waals surface area contributed by atoms with Crippen LogP contribution < -0.4 is 0 Å². The molecule has 0 saturated carbocycles. The Kier molecular flexibility index (Phi) is 1.58. The maximum absolute atomic E-state index is 5.37. The summed E-state index contributed by atoms with van der Waals surface area (Å²) in [6.07, 6.45) is 7.10. The first-order chi connectivity index (χ1) is 3.43. The highest BCUT2D eigenvalue weighted by Crippen LogP contribution is 2.08. The quantitative estimate of drug-likeness (QED) is 0.452. The van der Waals surface area contributed by atoms with Crippen molar-refractivity contribution in [3.8, 4) is 0 Å².